The molecule has 0 aliphatic heterocycles. The number of hydrogen-bond acceptors (Lipinski definition) is 4. The molecule has 0 bridgehead atoms. The molecule has 5 nitrogen and oxygen atoms in total. The van der Waals surface area contributed by atoms with E-state index in [9.17, 15) is 4.79 Å². The minimum Gasteiger partial charge on any atom is -0.495 e. The smallest absolute Gasteiger partial charge is 0.262 e. The number of anilines is 2. The summed E-state index contributed by atoms with van der Waals surface area (Å²) in [5, 5.41) is 2.70. The molecule has 2 rings (SSSR count). The van der Waals surface area contributed by atoms with Crippen molar-refractivity contribution in [3.8, 4) is 11.5 Å². The van der Waals surface area contributed by atoms with E-state index in [1.807, 2.05) is 18.2 Å². The molecule has 2 aromatic rings. The summed E-state index contributed by atoms with van der Waals surface area (Å²) < 4.78 is 10.4. The number of carbonyl (C=O) groups excluding carboxylic acids is 1. The second-order valence-corrected chi connectivity index (χ2v) is 4.11. The van der Waals surface area contributed by atoms with Gasteiger partial charge in [0.1, 0.15) is 11.5 Å². The molecule has 0 aliphatic carbocycles. The molecular formula is C15H16N2O3. The Kier molecular flexibility index (Phi) is 4.44. The molecule has 0 radical (unpaired) electrons. The zero-order chi connectivity index (χ0) is 14.4. The SMILES string of the molecule is COc1ccc(NC(=O)COc2ccccc2)cc1N. The number of amides is 1. The maximum absolute atomic E-state index is 11.7. The Morgan fingerprint density at radius 1 is 1.20 bits per heavy atom. The van der Waals surface area contributed by atoms with Crippen molar-refractivity contribution in [2.24, 2.45) is 0 Å². The van der Waals surface area contributed by atoms with E-state index in [-0.39, 0.29) is 12.5 Å². The van der Waals surface area contributed by atoms with Crippen LogP contribution in [0.1, 0.15) is 0 Å². The first-order valence-electron chi connectivity index (χ1n) is 6.10. The third kappa shape index (κ3) is 3.65. The number of rotatable bonds is 5. The van der Waals surface area contributed by atoms with Crippen molar-refractivity contribution in [1.82, 2.24) is 0 Å². The number of nitrogens with one attached hydrogen (secondary N) is 1. The highest BCUT2D eigenvalue weighted by Gasteiger charge is 2.06. The molecule has 5 heteroatoms. The Morgan fingerprint density at radius 2 is 1.95 bits per heavy atom. The fourth-order valence-corrected chi connectivity index (χ4v) is 1.67. The summed E-state index contributed by atoms with van der Waals surface area (Å²) in [7, 11) is 1.54. The van der Waals surface area contributed by atoms with Gasteiger partial charge in [0.25, 0.3) is 5.91 Å². The summed E-state index contributed by atoms with van der Waals surface area (Å²) >= 11 is 0. The third-order valence-corrected chi connectivity index (χ3v) is 2.63. The minimum absolute atomic E-state index is 0.0596. The number of para-hydroxylation sites is 1. The highest BCUT2D eigenvalue weighted by molar-refractivity contribution is 5.92. The molecule has 0 saturated heterocycles. The van der Waals surface area contributed by atoms with Crippen molar-refractivity contribution in [2.75, 3.05) is 24.8 Å². The van der Waals surface area contributed by atoms with E-state index >= 15 is 0 Å². The van der Waals surface area contributed by atoms with Gasteiger partial charge in [0, 0.05) is 5.69 Å². The molecule has 0 saturated carbocycles. The Balaban J connectivity index is 1.90. The van der Waals surface area contributed by atoms with Crippen LogP contribution in [-0.2, 0) is 4.79 Å². The molecule has 1 amide bonds. The van der Waals surface area contributed by atoms with Gasteiger partial charge in [0.05, 0.1) is 12.8 Å². The summed E-state index contributed by atoms with van der Waals surface area (Å²) in [6.07, 6.45) is 0. The van der Waals surface area contributed by atoms with Gasteiger partial charge in [-0.1, -0.05) is 18.2 Å². The van der Waals surface area contributed by atoms with Gasteiger partial charge in [-0.2, -0.15) is 0 Å². The van der Waals surface area contributed by atoms with Crippen LogP contribution in [0.15, 0.2) is 48.5 Å². The summed E-state index contributed by atoms with van der Waals surface area (Å²) in [5.74, 6) is 0.971. The van der Waals surface area contributed by atoms with Crippen molar-refractivity contribution in [2.45, 2.75) is 0 Å². The maximum atomic E-state index is 11.7. The summed E-state index contributed by atoms with van der Waals surface area (Å²) in [5.41, 5.74) is 6.83. The number of nitrogens with two attached hydrogens (primary N) is 1. The number of methoxy groups -OCH3 is 1. The van der Waals surface area contributed by atoms with Crippen LogP contribution >= 0.6 is 0 Å². The van der Waals surface area contributed by atoms with Crippen LogP contribution in [0.25, 0.3) is 0 Å². The minimum atomic E-state index is -0.251. The lowest BCUT2D eigenvalue weighted by Crippen LogP contribution is -2.20. The number of hydrogen-bond donors (Lipinski definition) is 2. The van der Waals surface area contributed by atoms with E-state index in [2.05, 4.69) is 5.32 Å². The number of nitrogen functional groups attached to an aromatic ring is 1. The number of benzene rings is 2. The summed E-state index contributed by atoms with van der Waals surface area (Å²) in [6.45, 7) is -0.0596. The van der Waals surface area contributed by atoms with Crippen LogP contribution in [0.5, 0.6) is 11.5 Å². The molecule has 0 heterocycles. The Labute approximate surface area is 117 Å². The van der Waals surface area contributed by atoms with E-state index < -0.39 is 0 Å². The lowest BCUT2D eigenvalue weighted by Gasteiger charge is -2.09. The van der Waals surface area contributed by atoms with Crippen molar-refractivity contribution in [3.05, 3.63) is 48.5 Å². The second kappa shape index (κ2) is 6.47. The Bertz CT molecular complexity index is 585. The highest BCUT2D eigenvalue weighted by atomic mass is 16.5. The lowest BCUT2D eigenvalue weighted by molar-refractivity contribution is -0.118. The molecule has 0 aliphatic rings. The van der Waals surface area contributed by atoms with Crippen molar-refractivity contribution < 1.29 is 14.3 Å². The van der Waals surface area contributed by atoms with E-state index in [1.54, 1.807) is 30.3 Å². The van der Waals surface area contributed by atoms with E-state index in [4.69, 9.17) is 15.2 Å². The van der Waals surface area contributed by atoms with Crippen LogP contribution < -0.4 is 20.5 Å². The van der Waals surface area contributed by atoms with E-state index in [0.29, 0.717) is 22.9 Å². The van der Waals surface area contributed by atoms with Gasteiger partial charge in [-0.05, 0) is 30.3 Å². The Hall–Kier alpha value is -2.69. The predicted molar refractivity (Wildman–Crippen MR) is 78.0 cm³/mol. The second-order valence-electron chi connectivity index (χ2n) is 4.11. The third-order valence-electron chi connectivity index (χ3n) is 2.63. The zero-order valence-corrected chi connectivity index (χ0v) is 11.1. The largest absolute Gasteiger partial charge is 0.495 e. The first kappa shape index (κ1) is 13.7. The molecule has 0 unspecified atom stereocenters. The molecule has 0 atom stereocenters. The topological polar surface area (TPSA) is 73.6 Å². The maximum Gasteiger partial charge on any atom is 0.262 e. The van der Waals surface area contributed by atoms with Crippen molar-refractivity contribution in [3.63, 3.8) is 0 Å². The average molecular weight is 272 g/mol. The number of ether oxygens (including phenoxy) is 2. The Morgan fingerprint density at radius 3 is 2.60 bits per heavy atom. The van der Waals surface area contributed by atoms with Crippen molar-refractivity contribution >= 4 is 17.3 Å². The van der Waals surface area contributed by atoms with Gasteiger partial charge in [-0.15, -0.1) is 0 Å². The first-order valence-corrected chi connectivity index (χ1v) is 6.10. The van der Waals surface area contributed by atoms with Gasteiger partial charge in [-0.25, -0.2) is 0 Å². The van der Waals surface area contributed by atoms with E-state index in [0.717, 1.165) is 0 Å². The van der Waals surface area contributed by atoms with Gasteiger partial charge < -0.3 is 20.5 Å². The van der Waals surface area contributed by atoms with Gasteiger partial charge in [0.2, 0.25) is 0 Å². The summed E-state index contributed by atoms with van der Waals surface area (Å²) in [6, 6.07) is 14.2. The van der Waals surface area contributed by atoms with E-state index in [1.165, 1.54) is 7.11 Å². The lowest BCUT2D eigenvalue weighted by atomic mass is 10.2. The molecule has 20 heavy (non-hydrogen) atoms. The normalized spacial score (nSPS) is 9.85. The standard InChI is InChI=1S/C15H16N2O3/c1-19-14-8-7-11(9-13(14)16)17-15(18)10-20-12-5-3-2-4-6-12/h2-9H,10,16H2,1H3,(H,17,18). The molecular weight excluding hydrogens is 256 g/mol. The predicted octanol–water partition coefficient (Wildman–Crippen LogP) is 2.29. The van der Waals surface area contributed by atoms with Crippen molar-refractivity contribution in [1.29, 1.82) is 0 Å². The fourth-order valence-electron chi connectivity index (χ4n) is 1.67. The summed E-state index contributed by atoms with van der Waals surface area (Å²) in [4.78, 5) is 11.7. The van der Waals surface area contributed by atoms with Gasteiger partial charge in [-0.3, -0.25) is 4.79 Å². The highest BCUT2D eigenvalue weighted by Crippen LogP contribution is 2.24. The van der Waals surface area contributed by atoms with Gasteiger partial charge >= 0.3 is 0 Å². The average Bonchev–Trinajstić information content (AvgIpc) is 2.46. The van der Waals surface area contributed by atoms with Crippen LogP contribution in [0.4, 0.5) is 11.4 Å². The van der Waals surface area contributed by atoms with Crippen LogP contribution in [0.2, 0.25) is 0 Å². The quantitative estimate of drug-likeness (QED) is 0.819. The van der Waals surface area contributed by atoms with Crippen LogP contribution in [-0.4, -0.2) is 19.6 Å². The fraction of sp³-hybridized carbons (Fsp3) is 0.133. The van der Waals surface area contributed by atoms with Crippen LogP contribution in [0.3, 0.4) is 0 Å². The molecule has 0 aromatic heterocycles. The van der Waals surface area contributed by atoms with Crippen LogP contribution in [0, 0.1) is 0 Å². The van der Waals surface area contributed by atoms with Gasteiger partial charge in [0.15, 0.2) is 6.61 Å². The zero-order valence-electron chi connectivity index (χ0n) is 11.1. The number of carbonyl (C=O) groups is 1. The molecule has 3 N–H and O–H groups in total. The molecule has 0 fully saturated rings. The monoisotopic (exact) mass is 272 g/mol. The molecule has 104 valence electrons. The first-order chi connectivity index (χ1) is 9.69. The molecule has 0 spiro atoms. The molecule has 2 aromatic carbocycles.